The summed E-state index contributed by atoms with van der Waals surface area (Å²) in [6.07, 6.45) is 0.696. The highest BCUT2D eigenvalue weighted by Gasteiger charge is 2.17. The van der Waals surface area contributed by atoms with Gasteiger partial charge in [0.05, 0.1) is 11.3 Å². The maximum Gasteiger partial charge on any atom is 0.411 e. The summed E-state index contributed by atoms with van der Waals surface area (Å²) in [5.74, 6) is -1.13. The number of halogens is 2. The number of rotatable bonds is 4. The largest absolute Gasteiger partial charge is 0.478 e. The fraction of sp³-hybridized carbons (Fsp3) is 0.0909. The molecule has 5 nitrogen and oxygen atoms in total. The summed E-state index contributed by atoms with van der Waals surface area (Å²) in [4.78, 5) is 22.5. The number of benzene rings is 1. The van der Waals surface area contributed by atoms with Crippen LogP contribution in [-0.4, -0.2) is 23.8 Å². The van der Waals surface area contributed by atoms with E-state index in [1.807, 2.05) is 22.6 Å². The smallest absolute Gasteiger partial charge is 0.411 e. The fourth-order valence-corrected chi connectivity index (χ4v) is 2.79. The molecule has 0 fully saturated rings. The minimum Gasteiger partial charge on any atom is -0.478 e. The molecule has 96 valence electrons. The Balaban J connectivity index is 3.03. The van der Waals surface area contributed by atoms with Gasteiger partial charge in [-0.2, -0.15) is 0 Å². The van der Waals surface area contributed by atoms with Crippen LogP contribution in [0.4, 0.5) is 10.5 Å². The summed E-state index contributed by atoms with van der Waals surface area (Å²) in [5.41, 5.74) is 0.199. The molecule has 1 aromatic rings. The van der Waals surface area contributed by atoms with E-state index in [4.69, 9.17) is 9.84 Å². The van der Waals surface area contributed by atoms with E-state index >= 15 is 0 Å². The first-order valence-electron chi connectivity index (χ1n) is 4.72. The number of aromatic carboxylic acids is 1. The van der Waals surface area contributed by atoms with Crippen LogP contribution < -0.4 is 5.32 Å². The Hall–Kier alpha value is -1.09. The van der Waals surface area contributed by atoms with Crippen LogP contribution in [-0.2, 0) is 4.74 Å². The van der Waals surface area contributed by atoms with Crippen molar-refractivity contribution in [3.63, 3.8) is 0 Å². The van der Waals surface area contributed by atoms with Gasteiger partial charge in [0.25, 0.3) is 0 Å². The van der Waals surface area contributed by atoms with Crippen LogP contribution in [0.5, 0.6) is 0 Å². The molecule has 0 atom stereocenters. The molecule has 0 aliphatic carbocycles. The number of ether oxygens (including phenoxy) is 1. The van der Waals surface area contributed by atoms with Crippen LogP contribution in [0, 0.1) is 3.57 Å². The van der Waals surface area contributed by atoms with Gasteiger partial charge in [-0.05, 0) is 34.7 Å². The highest BCUT2D eigenvalue weighted by Crippen LogP contribution is 2.28. The molecular formula is C11H9BrINO4. The van der Waals surface area contributed by atoms with Crippen molar-refractivity contribution >= 4 is 56.3 Å². The summed E-state index contributed by atoms with van der Waals surface area (Å²) >= 11 is 5.13. The van der Waals surface area contributed by atoms with Crippen molar-refractivity contribution in [2.24, 2.45) is 0 Å². The van der Waals surface area contributed by atoms with E-state index in [-0.39, 0.29) is 17.9 Å². The quantitative estimate of drug-likeness (QED) is 0.572. The van der Waals surface area contributed by atoms with Crippen molar-refractivity contribution in [1.29, 1.82) is 0 Å². The molecule has 18 heavy (non-hydrogen) atoms. The first kappa shape index (κ1) is 15.0. The van der Waals surface area contributed by atoms with Gasteiger partial charge in [0, 0.05) is 8.04 Å². The number of anilines is 1. The highest BCUT2D eigenvalue weighted by atomic mass is 127. The maximum absolute atomic E-state index is 11.4. The van der Waals surface area contributed by atoms with E-state index in [1.165, 1.54) is 12.1 Å². The van der Waals surface area contributed by atoms with Gasteiger partial charge in [-0.15, -0.1) is 0 Å². The second-order valence-corrected chi connectivity index (χ2v) is 5.21. The summed E-state index contributed by atoms with van der Waals surface area (Å²) in [7, 11) is 0. The van der Waals surface area contributed by atoms with Crippen molar-refractivity contribution in [2.45, 2.75) is 0 Å². The lowest BCUT2D eigenvalue weighted by Gasteiger charge is -2.11. The predicted octanol–water partition coefficient (Wildman–Crippen LogP) is 3.49. The van der Waals surface area contributed by atoms with E-state index in [2.05, 4.69) is 27.8 Å². The second kappa shape index (κ2) is 6.74. The lowest BCUT2D eigenvalue weighted by atomic mass is 10.2. The number of carbonyl (C=O) groups excluding carboxylic acids is 1. The zero-order chi connectivity index (χ0) is 13.7. The SMILES string of the molecule is C=CCOC(=O)Nc1c(I)cc(Br)cc1C(=O)O. The number of amides is 1. The zero-order valence-corrected chi connectivity index (χ0v) is 12.8. The average Bonchev–Trinajstić information content (AvgIpc) is 2.29. The first-order valence-corrected chi connectivity index (χ1v) is 6.60. The predicted molar refractivity (Wildman–Crippen MR) is 79.0 cm³/mol. The van der Waals surface area contributed by atoms with Crippen LogP contribution in [0.3, 0.4) is 0 Å². The Labute approximate surface area is 125 Å². The Bertz CT molecular complexity index is 504. The molecule has 0 aliphatic rings. The van der Waals surface area contributed by atoms with Crippen molar-refractivity contribution < 1.29 is 19.4 Å². The molecule has 2 N–H and O–H groups in total. The van der Waals surface area contributed by atoms with Gasteiger partial charge in [-0.25, -0.2) is 9.59 Å². The molecule has 1 amide bonds. The number of carboxylic acid groups (broad SMARTS) is 1. The molecule has 0 spiro atoms. The van der Waals surface area contributed by atoms with Crippen LogP contribution in [0.2, 0.25) is 0 Å². The van der Waals surface area contributed by atoms with E-state index < -0.39 is 12.1 Å². The van der Waals surface area contributed by atoms with Crippen LogP contribution in [0.1, 0.15) is 10.4 Å². The molecule has 0 radical (unpaired) electrons. The Morgan fingerprint density at radius 2 is 2.22 bits per heavy atom. The number of carbonyl (C=O) groups is 2. The standard InChI is InChI=1S/C11H9BrINO4/c1-2-3-18-11(17)14-9-7(10(15)16)4-6(12)5-8(9)13/h2,4-5H,1,3H2,(H,14,17)(H,15,16). The molecule has 0 aliphatic heterocycles. The third kappa shape index (κ3) is 3.98. The third-order valence-electron chi connectivity index (χ3n) is 1.84. The van der Waals surface area contributed by atoms with Crippen LogP contribution >= 0.6 is 38.5 Å². The minimum atomic E-state index is -1.13. The Morgan fingerprint density at radius 1 is 1.56 bits per heavy atom. The van der Waals surface area contributed by atoms with Crippen molar-refractivity contribution in [2.75, 3.05) is 11.9 Å². The Kier molecular flexibility index (Phi) is 5.60. The zero-order valence-electron chi connectivity index (χ0n) is 9.07. The molecule has 0 heterocycles. The molecule has 1 aromatic carbocycles. The summed E-state index contributed by atoms with van der Waals surface area (Å²) < 4.78 is 5.95. The van der Waals surface area contributed by atoms with Crippen LogP contribution in [0.25, 0.3) is 0 Å². The van der Waals surface area contributed by atoms with E-state index in [9.17, 15) is 9.59 Å². The summed E-state index contributed by atoms with van der Waals surface area (Å²) in [5, 5.41) is 11.5. The van der Waals surface area contributed by atoms with Crippen molar-refractivity contribution in [3.05, 3.63) is 38.4 Å². The monoisotopic (exact) mass is 425 g/mol. The normalized spacial score (nSPS) is 9.67. The molecule has 0 saturated carbocycles. The number of carboxylic acids is 1. The van der Waals surface area contributed by atoms with Gasteiger partial charge in [0.1, 0.15) is 6.61 Å². The van der Waals surface area contributed by atoms with Crippen molar-refractivity contribution in [1.82, 2.24) is 0 Å². The lowest BCUT2D eigenvalue weighted by Crippen LogP contribution is -2.17. The van der Waals surface area contributed by atoms with Gasteiger partial charge >= 0.3 is 12.1 Å². The molecule has 0 unspecified atom stereocenters. The summed E-state index contributed by atoms with van der Waals surface area (Å²) in [6.45, 7) is 3.46. The maximum atomic E-state index is 11.4. The number of hydrogen-bond acceptors (Lipinski definition) is 3. The first-order chi connectivity index (χ1) is 8.45. The highest BCUT2D eigenvalue weighted by molar-refractivity contribution is 14.1. The summed E-state index contributed by atoms with van der Waals surface area (Å²) in [6, 6.07) is 3.10. The molecule has 1 rings (SSSR count). The molecular weight excluding hydrogens is 417 g/mol. The van der Waals surface area contributed by atoms with E-state index in [1.54, 1.807) is 6.07 Å². The topological polar surface area (TPSA) is 75.6 Å². The van der Waals surface area contributed by atoms with Crippen LogP contribution in [0.15, 0.2) is 29.3 Å². The minimum absolute atomic E-state index is 0.00988. The van der Waals surface area contributed by atoms with Gasteiger partial charge in [-0.3, -0.25) is 5.32 Å². The van der Waals surface area contributed by atoms with E-state index in [0.717, 1.165) is 0 Å². The fourth-order valence-electron chi connectivity index (χ4n) is 1.14. The van der Waals surface area contributed by atoms with Gasteiger partial charge in [-0.1, -0.05) is 28.6 Å². The molecule has 0 bridgehead atoms. The number of nitrogens with one attached hydrogen (secondary N) is 1. The van der Waals surface area contributed by atoms with Gasteiger partial charge in [0.2, 0.25) is 0 Å². The van der Waals surface area contributed by atoms with Gasteiger partial charge < -0.3 is 9.84 Å². The lowest BCUT2D eigenvalue weighted by molar-refractivity contribution is 0.0698. The molecule has 0 saturated heterocycles. The third-order valence-corrected chi connectivity index (χ3v) is 3.15. The van der Waals surface area contributed by atoms with Crippen molar-refractivity contribution in [3.8, 4) is 0 Å². The van der Waals surface area contributed by atoms with E-state index in [0.29, 0.717) is 8.04 Å². The molecule has 7 heteroatoms. The number of hydrogen-bond donors (Lipinski definition) is 2. The van der Waals surface area contributed by atoms with Gasteiger partial charge in [0.15, 0.2) is 0 Å². The second-order valence-electron chi connectivity index (χ2n) is 3.13. The average molecular weight is 426 g/mol. The Morgan fingerprint density at radius 3 is 2.78 bits per heavy atom. The molecule has 0 aromatic heterocycles.